The highest BCUT2D eigenvalue weighted by Gasteiger charge is 1.90. The van der Waals surface area contributed by atoms with Crippen molar-refractivity contribution in [1.29, 1.82) is 0 Å². The third-order valence-electron chi connectivity index (χ3n) is 0.207. The van der Waals surface area contributed by atoms with Crippen LogP contribution in [0.2, 0.25) is 0 Å². The molecule has 0 saturated carbocycles. The molecule has 0 aliphatic rings. The van der Waals surface area contributed by atoms with Gasteiger partial charge in [0.2, 0.25) is 0 Å². The fourth-order valence-electron chi connectivity index (χ4n) is 0.0786. The van der Waals surface area contributed by atoms with Crippen LogP contribution < -0.4 is 0 Å². The van der Waals surface area contributed by atoms with Crippen molar-refractivity contribution < 1.29 is 9.59 Å². The first-order valence-corrected chi connectivity index (χ1v) is 2.19. The molecule has 0 heterocycles. The molecule has 0 atom stereocenters. The second-order valence-electron chi connectivity index (χ2n) is 0.706. The Kier molecular flexibility index (Phi) is 3.30. The summed E-state index contributed by atoms with van der Waals surface area (Å²) in [5.41, 5.74) is 0. The number of carbonyl (C=O) groups is 2. The normalized spacial score (nSPS) is 9.75. The van der Waals surface area contributed by atoms with Gasteiger partial charge in [-0.3, -0.25) is 9.59 Å². The Balaban J connectivity index is 3.67. The molecule has 0 bridgehead atoms. The minimum atomic E-state index is -1.07. The van der Waals surface area contributed by atoms with Crippen molar-refractivity contribution in [3.8, 4) is 0 Å². The summed E-state index contributed by atoms with van der Waals surface area (Å²) >= 11 is 9.22. The summed E-state index contributed by atoms with van der Waals surface area (Å²) in [6.07, 6.45) is 0. The van der Waals surface area contributed by atoms with Gasteiger partial charge in [0.25, 0.3) is 0 Å². The molecule has 0 saturated heterocycles. The van der Waals surface area contributed by atoms with Crippen LogP contribution in [0.4, 0.5) is 9.59 Å². The Labute approximate surface area is 54.5 Å². The molecule has 0 radical (unpaired) electrons. The van der Waals surface area contributed by atoms with E-state index in [1.165, 1.54) is 0 Å². The average Bonchev–Trinajstić information content (AvgIpc) is 1.61. The lowest BCUT2D eigenvalue weighted by atomic mass is 11.3. The number of amides is 2. The van der Waals surface area contributed by atoms with E-state index in [2.05, 4.69) is 33.4 Å². The zero-order valence-corrected chi connectivity index (χ0v) is 4.98. The number of hydrogen-bond acceptors (Lipinski definition) is 2. The molecule has 0 aromatic carbocycles. The lowest BCUT2D eigenvalue weighted by molar-refractivity contribution is 0.260. The van der Waals surface area contributed by atoms with E-state index < -0.39 is 10.7 Å². The summed E-state index contributed by atoms with van der Waals surface area (Å²) in [6, 6.07) is 0. The zero-order valence-electron chi connectivity index (χ0n) is 3.47. The van der Waals surface area contributed by atoms with E-state index in [0.717, 1.165) is 0 Å². The van der Waals surface area contributed by atoms with Gasteiger partial charge in [-0.05, 0) is 23.2 Å². The molecule has 4 nitrogen and oxygen atoms in total. The molecule has 0 aromatic rings. The standard InChI is InChI=1S/C2Cl2N2O2/c3-1(7)5-6-2(4)8/b6-5+. The SMILES string of the molecule is O=C(Cl)/N=N/C(=O)Cl. The number of carbonyl (C=O) groups excluding carboxylic acids is 2. The molecular formula is C2Cl2N2O2. The quantitative estimate of drug-likeness (QED) is 0.305. The van der Waals surface area contributed by atoms with Crippen molar-refractivity contribution in [1.82, 2.24) is 0 Å². The minimum absolute atomic E-state index is 1.07. The van der Waals surface area contributed by atoms with E-state index in [-0.39, 0.29) is 0 Å². The molecule has 44 valence electrons. The molecule has 0 aliphatic carbocycles. The topological polar surface area (TPSA) is 58.9 Å². The monoisotopic (exact) mass is 154 g/mol. The van der Waals surface area contributed by atoms with E-state index in [1.807, 2.05) is 0 Å². The van der Waals surface area contributed by atoms with E-state index in [9.17, 15) is 9.59 Å². The minimum Gasteiger partial charge on any atom is -0.251 e. The van der Waals surface area contributed by atoms with Gasteiger partial charge in [0, 0.05) is 0 Å². The van der Waals surface area contributed by atoms with Gasteiger partial charge < -0.3 is 0 Å². The maximum atomic E-state index is 9.64. The summed E-state index contributed by atoms with van der Waals surface area (Å²) in [5.74, 6) is 0. The lowest BCUT2D eigenvalue weighted by Gasteiger charge is -1.70. The van der Waals surface area contributed by atoms with E-state index in [4.69, 9.17) is 0 Å². The van der Waals surface area contributed by atoms with Crippen LogP contribution >= 0.6 is 23.2 Å². The number of halogens is 2. The molecule has 0 rings (SSSR count). The van der Waals surface area contributed by atoms with Crippen molar-refractivity contribution in [3.05, 3.63) is 0 Å². The number of nitrogens with zero attached hydrogens (tertiary/aromatic N) is 2. The van der Waals surface area contributed by atoms with Gasteiger partial charge in [-0.2, -0.15) is 0 Å². The van der Waals surface area contributed by atoms with Crippen LogP contribution in [0.3, 0.4) is 0 Å². The van der Waals surface area contributed by atoms with Crippen LogP contribution in [0.25, 0.3) is 0 Å². The van der Waals surface area contributed by atoms with Gasteiger partial charge in [-0.25, -0.2) is 0 Å². The van der Waals surface area contributed by atoms with E-state index in [1.54, 1.807) is 0 Å². The van der Waals surface area contributed by atoms with Crippen molar-refractivity contribution in [2.75, 3.05) is 0 Å². The summed E-state index contributed by atoms with van der Waals surface area (Å²) < 4.78 is 0. The molecule has 0 aromatic heterocycles. The van der Waals surface area contributed by atoms with Crippen LogP contribution in [0.5, 0.6) is 0 Å². The maximum absolute atomic E-state index is 9.64. The Morgan fingerprint density at radius 1 is 1.00 bits per heavy atom. The Morgan fingerprint density at radius 3 is 1.38 bits per heavy atom. The van der Waals surface area contributed by atoms with Crippen LogP contribution in [-0.4, -0.2) is 10.7 Å². The zero-order chi connectivity index (χ0) is 6.57. The molecule has 8 heavy (non-hydrogen) atoms. The molecule has 0 N–H and O–H groups in total. The fourth-order valence-corrected chi connectivity index (χ4v) is 0.154. The predicted octanol–water partition coefficient (Wildman–Crippen LogP) is 2.16. The van der Waals surface area contributed by atoms with Crippen molar-refractivity contribution in [3.63, 3.8) is 0 Å². The summed E-state index contributed by atoms with van der Waals surface area (Å²) in [5, 5.41) is 3.05. The van der Waals surface area contributed by atoms with Crippen molar-refractivity contribution in [2.45, 2.75) is 0 Å². The van der Waals surface area contributed by atoms with Gasteiger partial charge in [0.15, 0.2) is 0 Å². The Bertz CT molecular complexity index is 127. The lowest BCUT2D eigenvalue weighted by Crippen LogP contribution is -1.74. The van der Waals surface area contributed by atoms with E-state index >= 15 is 0 Å². The van der Waals surface area contributed by atoms with Crippen LogP contribution in [-0.2, 0) is 0 Å². The van der Waals surface area contributed by atoms with Crippen LogP contribution in [0.15, 0.2) is 10.2 Å². The molecule has 0 unspecified atom stereocenters. The van der Waals surface area contributed by atoms with Gasteiger partial charge in [-0.1, -0.05) is 10.2 Å². The highest BCUT2D eigenvalue weighted by Crippen LogP contribution is 1.90. The number of azo groups is 1. The number of hydrogen-bond donors (Lipinski definition) is 0. The summed E-state index contributed by atoms with van der Waals surface area (Å²) in [7, 11) is 0. The van der Waals surface area contributed by atoms with Gasteiger partial charge in [0.1, 0.15) is 0 Å². The van der Waals surface area contributed by atoms with Crippen LogP contribution in [0.1, 0.15) is 0 Å². The first-order chi connectivity index (χ1) is 3.63. The predicted molar refractivity (Wildman–Crippen MR) is 27.4 cm³/mol. The molecule has 2 amide bonds. The maximum Gasteiger partial charge on any atom is 0.358 e. The van der Waals surface area contributed by atoms with Crippen molar-refractivity contribution >= 4 is 33.9 Å². The highest BCUT2D eigenvalue weighted by atomic mass is 35.5. The third-order valence-corrected chi connectivity index (χ3v) is 0.358. The van der Waals surface area contributed by atoms with Gasteiger partial charge >= 0.3 is 10.7 Å². The average molecular weight is 155 g/mol. The Hall–Kier alpha value is -0.480. The van der Waals surface area contributed by atoms with Gasteiger partial charge in [0.05, 0.1) is 0 Å². The largest absolute Gasteiger partial charge is 0.358 e. The van der Waals surface area contributed by atoms with Crippen LogP contribution in [0, 0.1) is 0 Å². The molecular weight excluding hydrogens is 155 g/mol. The summed E-state index contributed by atoms with van der Waals surface area (Å²) in [6.45, 7) is 0. The molecule has 6 heteroatoms. The first-order valence-electron chi connectivity index (χ1n) is 1.43. The molecule has 0 aliphatic heterocycles. The molecule has 0 spiro atoms. The fraction of sp³-hybridized carbons (Fsp3) is 0. The Morgan fingerprint density at radius 2 is 1.25 bits per heavy atom. The second kappa shape index (κ2) is 3.51. The highest BCUT2D eigenvalue weighted by molar-refractivity contribution is 6.64. The first kappa shape index (κ1) is 7.52. The number of rotatable bonds is 0. The summed E-state index contributed by atoms with van der Waals surface area (Å²) in [4.78, 5) is 19.3. The molecule has 0 fully saturated rings. The van der Waals surface area contributed by atoms with E-state index in [0.29, 0.717) is 0 Å². The van der Waals surface area contributed by atoms with Crippen molar-refractivity contribution in [2.24, 2.45) is 10.2 Å². The third kappa shape index (κ3) is 5.52. The second-order valence-corrected chi connectivity index (χ2v) is 1.35. The van der Waals surface area contributed by atoms with Gasteiger partial charge in [-0.15, -0.1) is 0 Å². The smallest absolute Gasteiger partial charge is 0.251 e.